The van der Waals surface area contributed by atoms with Crippen molar-refractivity contribution in [2.45, 2.75) is 39.5 Å². The summed E-state index contributed by atoms with van der Waals surface area (Å²) in [5.74, 6) is -0.331. The highest BCUT2D eigenvalue weighted by Gasteiger charge is 2.56. The summed E-state index contributed by atoms with van der Waals surface area (Å²) in [7, 11) is 0. The first kappa shape index (κ1) is 19.6. The Kier molecular flexibility index (Phi) is 5.49. The van der Waals surface area contributed by atoms with Crippen molar-refractivity contribution in [1.82, 2.24) is 0 Å². The monoisotopic (exact) mass is 379 g/mol. The van der Waals surface area contributed by atoms with Crippen molar-refractivity contribution in [3.63, 3.8) is 0 Å². The van der Waals surface area contributed by atoms with Crippen LogP contribution in [0.3, 0.4) is 0 Å². The lowest BCUT2D eigenvalue weighted by Crippen LogP contribution is -2.35. The topological polar surface area (TPSA) is 87.3 Å². The zero-order valence-electron chi connectivity index (χ0n) is 16.3. The molecule has 146 valence electrons. The third-order valence-electron chi connectivity index (χ3n) is 4.92. The van der Waals surface area contributed by atoms with Crippen molar-refractivity contribution in [3.8, 4) is 0 Å². The van der Waals surface area contributed by atoms with E-state index in [-0.39, 0.29) is 17.7 Å². The third-order valence-corrected chi connectivity index (χ3v) is 4.92. The molecular formula is C22H25N3O3. The van der Waals surface area contributed by atoms with Crippen molar-refractivity contribution < 1.29 is 14.4 Å². The summed E-state index contributed by atoms with van der Waals surface area (Å²) in [5, 5.41) is 8.33. The van der Waals surface area contributed by atoms with E-state index in [1.807, 2.05) is 24.3 Å². The average Bonchev–Trinajstić information content (AvgIpc) is 3.45. The number of benzene rings is 2. The van der Waals surface area contributed by atoms with Gasteiger partial charge in [-0.2, -0.15) is 0 Å². The Morgan fingerprint density at radius 2 is 1.14 bits per heavy atom. The number of hydrogen-bond donors (Lipinski definition) is 3. The van der Waals surface area contributed by atoms with Crippen molar-refractivity contribution >= 4 is 34.8 Å². The van der Waals surface area contributed by atoms with E-state index in [0.717, 1.165) is 0 Å². The van der Waals surface area contributed by atoms with Gasteiger partial charge in [-0.1, -0.05) is 26.0 Å². The molecule has 0 unspecified atom stereocenters. The van der Waals surface area contributed by atoms with Crippen LogP contribution in [-0.2, 0) is 14.4 Å². The fourth-order valence-electron chi connectivity index (χ4n) is 2.98. The summed E-state index contributed by atoms with van der Waals surface area (Å²) in [6.07, 6.45) is 1.05. The van der Waals surface area contributed by atoms with Crippen LogP contribution in [0.5, 0.6) is 0 Å². The Hall–Kier alpha value is -3.15. The Bertz CT molecular complexity index is 882. The molecule has 0 aromatic heterocycles. The summed E-state index contributed by atoms with van der Waals surface area (Å²) >= 11 is 0. The maximum Gasteiger partial charge on any atom is 0.240 e. The first-order valence-corrected chi connectivity index (χ1v) is 9.41. The maximum absolute atomic E-state index is 12.7. The highest BCUT2D eigenvalue weighted by Crippen LogP contribution is 2.47. The largest absolute Gasteiger partial charge is 0.326 e. The highest BCUT2D eigenvalue weighted by atomic mass is 16.2. The van der Waals surface area contributed by atoms with E-state index in [0.29, 0.717) is 35.8 Å². The highest BCUT2D eigenvalue weighted by molar-refractivity contribution is 6.16. The first-order valence-electron chi connectivity index (χ1n) is 9.41. The molecule has 0 spiro atoms. The molecule has 1 aliphatic rings. The first-order chi connectivity index (χ1) is 13.3. The Morgan fingerprint density at radius 3 is 1.50 bits per heavy atom. The number of carbonyl (C=O) groups is 3. The molecule has 0 heterocycles. The number of rotatable bonds is 6. The average molecular weight is 379 g/mol. The van der Waals surface area contributed by atoms with Crippen molar-refractivity contribution in [3.05, 3.63) is 54.1 Å². The minimum absolute atomic E-state index is 0.160. The lowest BCUT2D eigenvalue weighted by Gasteiger charge is -2.16. The molecule has 3 N–H and O–H groups in total. The van der Waals surface area contributed by atoms with Crippen LogP contribution in [-0.4, -0.2) is 17.7 Å². The minimum atomic E-state index is -1.02. The van der Waals surface area contributed by atoms with Gasteiger partial charge in [-0.15, -0.1) is 0 Å². The van der Waals surface area contributed by atoms with E-state index in [2.05, 4.69) is 29.8 Å². The van der Waals surface area contributed by atoms with E-state index in [1.54, 1.807) is 24.3 Å². The van der Waals surface area contributed by atoms with Gasteiger partial charge in [0.15, 0.2) is 0 Å². The van der Waals surface area contributed by atoms with Gasteiger partial charge in [-0.05, 0) is 60.7 Å². The van der Waals surface area contributed by atoms with E-state index >= 15 is 0 Å². The molecule has 6 heteroatoms. The van der Waals surface area contributed by atoms with E-state index in [1.165, 1.54) is 12.5 Å². The van der Waals surface area contributed by atoms with Crippen LogP contribution in [0.2, 0.25) is 0 Å². The molecule has 0 saturated heterocycles. The molecule has 28 heavy (non-hydrogen) atoms. The molecule has 0 atom stereocenters. The van der Waals surface area contributed by atoms with Crippen LogP contribution in [0.15, 0.2) is 48.5 Å². The molecule has 1 saturated carbocycles. The van der Waals surface area contributed by atoms with Crippen LogP contribution in [0, 0.1) is 5.41 Å². The molecule has 2 aromatic rings. The molecule has 0 bridgehead atoms. The van der Waals surface area contributed by atoms with Crippen LogP contribution in [0.25, 0.3) is 0 Å². The third kappa shape index (κ3) is 4.39. The normalized spacial score (nSPS) is 14.3. The summed E-state index contributed by atoms with van der Waals surface area (Å²) in [5.41, 5.74) is 2.09. The molecule has 3 rings (SSSR count). The van der Waals surface area contributed by atoms with Crippen LogP contribution in [0.4, 0.5) is 17.1 Å². The molecule has 1 aliphatic carbocycles. The number of nitrogens with one attached hydrogen (secondary N) is 3. The molecule has 3 amide bonds. The van der Waals surface area contributed by atoms with Gasteiger partial charge in [0.05, 0.1) is 0 Å². The summed E-state index contributed by atoms with van der Waals surface area (Å²) in [4.78, 5) is 36.5. The number of amides is 3. The number of anilines is 3. The van der Waals surface area contributed by atoms with Gasteiger partial charge in [0, 0.05) is 24.0 Å². The van der Waals surface area contributed by atoms with Gasteiger partial charge >= 0.3 is 0 Å². The second-order valence-corrected chi connectivity index (χ2v) is 7.53. The smallest absolute Gasteiger partial charge is 0.240 e. The van der Waals surface area contributed by atoms with Gasteiger partial charge in [0.1, 0.15) is 5.41 Å². The van der Waals surface area contributed by atoms with Gasteiger partial charge in [-0.3, -0.25) is 14.4 Å². The lowest BCUT2D eigenvalue weighted by atomic mass is 10.0. The van der Waals surface area contributed by atoms with Gasteiger partial charge in [-0.25, -0.2) is 0 Å². The summed E-state index contributed by atoms with van der Waals surface area (Å²) in [6.45, 7) is 5.65. The fourth-order valence-corrected chi connectivity index (χ4v) is 2.98. The second-order valence-electron chi connectivity index (χ2n) is 7.53. The fraction of sp³-hybridized carbons (Fsp3) is 0.318. The summed E-state index contributed by atoms with van der Waals surface area (Å²) in [6, 6.07) is 14.5. The zero-order valence-corrected chi connectivity index (χ0v) is 16.3. The standard InChI is InChI=1S/C22H25N3O3/c1-14(2)16-4-6-18(7-5-16)24-20(27)22(12-13-22)21(28)25-19-10-8-17(9-11-19)23-15(3)26/h4-11,14H,12-13H2,1-3H3,(H,23,26)(H,24,27)(H,25,28). The Balaban J connectivity index is 1.62. The van der Waals surface area contributed by atoms with Crippen LogP contribution >= 0.6 is 0 Å². The van der Waals surface area contributed by atoms with Crippen molar-refractivity contribution in [2.24, 2.45) is 5.41 Å². The maximum atomic E-state index is 12.7. The zero-order chi connectivity index (χ0) is 20.3. The predicted octanol–water partition coefficient (Wildman–Crippen LogP) is 4.13. The Morgan fingerprint density at radius 1 is 0.750 bits per heavy atom. The lowest BCUT2D eigenvalue weighted by molar-refractivity contribution is -0.131. The minimum Gasteiger partial charge on any atom is -0.326 e. The van der Waals surface area contributed by atoms with E-state index in [4.69, 9.17) is 0 Å². The van der Waals surface area contributed by atoms with Gasteiger partial charge < -0.3 is 16.0 Å². The number of hydrogen-bond acceptors (Lipinski definition) is 3. The Labute approximate surface area is 164 Å². The van der Waals surface area contributed by atoms with Gasteiger partial charge in [0.2, 0.25) is 17.7 Å². The van der Waals surface area contributed by atoms with Crippen LogP contribution in [0.1, 0.15) is 45.1 Å². The van der Waals surface area contributed by atoms with E-state index < -0.39 is 5.41 Å². The molecular weight excluding hydrogens is 354 g/mol. The van der Waals surface area contributed by atoms with E-state index in [9.17, 15) is 14.4 Å². The quantitative estimate of drug-likeness (QED) is 0.660. The molecule has 6 nitrogen and oxygen atoms in total. The SMILES string of the molecule is CC(=O)Nc1ccc(NC(=O)C2(C(=O)Nc3ccc(C(C)C)cc3)CC2)cc1. The number of carbonyl (C=O) groups excluding carboxylic acids is 3. The van der Waals surface area contributed by atoms with Crippen molar-refractivity contribution in [1.29, 1.82) is 0 Å². The molecule has 0 aliphatic heterocycles. The van der Waals surface area contributed by atoms with Gasteiger partial charge in [0.25, 0.3) is 0 Å². The predicted molar refractivity (Wildman–Crippen MR) is 110 cm³/mol. The second kappa shape index (κ2) is 7.84. The molecule has 0 radical (unpaired) electrons. The summed E-state index contributed by atoms with van der Waals surface area (Å²) < 4.78 is 0. The van der Waals surface area contributed by atoms with Crippen molar-refractivity contribution in [2.75, 3.05) is 16.0 Å². The molecule has 2 aromatic carbocycles. The molecule has 1 fully saturated rings. The van der Waals surface area contributed by atoms with Crippen LogP contribution < -0.4 is 16.0 Å².